The molecule has 2 aromatic rings. The van der Waals surface area contributed by atoms with Crippen LogP contribution in [-0.4, -0.2) is 5.11 Å². The van der Waals surface area contributed by atoms with E-state index >= 15 is 0 Å². The van der Waals surface area contributed by atoms with E-state index in [1.165, 1.54) is 6.07 Å². The number of benzene rings is 2. The molecule has 0 radical (unpaired) electrons. The lowest BCUT2D eigenvalue weighted by atomic mass is 9.98. The number of aliphatic hydroxyl groups excluding tert-OH is 1. The van der Waals surface area contributed by atoms with Crippen molar-refractivity contribution in [1.29, 1.82) is 0 Å². The fourth-order valence-electron chi connectivity index (χ4n) is 1.90. The number of hydrogen-bond donors (Lipinski definition) is 1. The predicted molar refractivity (Wildman–Crippen MR) is 79.1 cm³/mol. The molecule has 2 aromatic carbocycles. The van der Waals surface area contributed by atoms with Crippen molar-refractivity contribution in [3.8, 4) is 0 Å². The molecule has 2 rings (SSSR count). The molecule has 94 valence electrons. The first-order valence-electron chi connectivity index (χ1n) is 5.70. The highest BCUT2D eigenvalue weighted by atomic mass is 127. The van der Waals surface area contributed by atoms with Gasteiger partial charge in [-0.2, -0.15) is 0 Å². The highest BCUT2D eigenvalue weighted by Crippen LogP contribution is 2.28. The average Bonchev–Trinajstić information content (AvgIpc) is 2.35. The molecule has 0 aromatic heterocycles. The Morgan fingerprint density at radius 3 is 2.50 bits per heavy atom. The normalized spacial score (nSPS) is 12.5. The van der Waals surface area contributed by atoms with Gasteiger partial charge in [0.2, 0.25) is 0 Å². The maximum absolute atomic E-state index is 13.2. The minimum atomic E-state index is -0.712. The third-order valence-electron chi connectivity index (χ3n) is 3.01. The van der Waals surface area contributed by atoms with E-state index in [1.807, 2.05) is 25.1 Å². The van der Waals surface area contributed by atoms with Gasteiger partial charge in [-0.15, -0.1) is 0 Å². The summed E-state index contributed by atoms with van der Waals surface area (Å²) in [5, 5.41) is 10.4. The second-order valence-electron chi connectivity index (χ2n) is 4.39. The Kier molecular flexibility index (Phi) is 4.02. The highest BCUT2D eigenvalue weighted by molar-refractivity contribution is 14.1. The molecule has 0 fully saturated rings. The minimum absolute atomic E-state index is 0.245. The van der Waals surface area contributed by atoms with Crippen molar-refractivity contribution in [2.75, 3.05) is 0 Å². The first kappa shape index (κ1) is 13.5. The van der Waals surface area contributed by atoms with Crippen LogP contribution in [0, 0.1) is 23.2 Å². The van der Waals surface area contributed by atoms with Gasteiger partial charge in [0.05, 0.1) is 0 Å². The number of rotatable bonds is 2. The molecule has 0 amide bonds. The van der Waals surface area contributed by atoms with Gasteiger partial charge < -0.3 is 5.11 Å². The molecular formula is C15H14FIO. The van der Waals surface area contributed by atoms with E-state index in [-0.39, 0.29) is 5.82 Å². The molecule has 1 atom stereocenters. The number of hydrogen-bond acceptors (Lipinski definition) is 1. The Labute approximate surface area is 120 Å². The molecule has 0 saturated carbocycles. The van der Waals surface area contributed by atoms with Crippen LogP contribution in [0.25, 0.3) is 0 Å². The molecule has 0 saturated heterocycles. The predicted octanol–water partition coefficient (Wildman–Crippen LogP) is 4.13. The number of aryl methyl sites for hydroxylation is 2. The molecule has 1 N–H and O–H groups in total. The first-order valence-corrected chi connectivity index (χ1v) is 6.77. The van der Waals surface area contributed by atoms with E-state index in [0.29, 0.717) is 5.56 Å². The van der Waals surface area contributed by atoms with Crippen LogP contribution in [0.2, 0.25) is 0 Å². The largest absolute Gasteiger partial charge is 0.384 e. The lowest BCUT2D eigenvalue weighted by molar-refractivity contribution is 0.219. The van der Waals surface area contributed by atoms with E-state index < -0.39 is 6.10 Å². The highest BCUT2D eigenvalue weighted by Gasteiger charge is 2.15. The van der Waals surface area contributed by atoms with Gasteiger partial charge in [0.1, 0.15) is 11.9 Å². The summed E-state index contributed by atoms with van der Waals surface area (Å²) >= 11 is 2.23. The van der Waals surface area contributed by atoms with E-state index in [0.717, 1.165) is 20.3 Å². The molecule has 0 bridgehead atoms. The number of halogens is 2. The standard InChI is InChI=1S/C15H14FIO/c1-9-4-3-5-12(14(9)17)15(18)11-6-7-13(16)10(2)8-11/h3-8,15,18H,1-2H3. The molecule has 0 heterocycles. The zero-order valence-electron chi connectivity index (χ0n) is 10.2. The van der Waals surface area contributed by atoms with Crippen LogP contribution in [0.3, 0.4) is 0 Å². The first-order chi connectivity index (χ1) is 8.50. The summed E-state index contributed by atoms with van der Waals surface area (Å²) in [6.45, 7) is 3.71. The van der Waals surface area contributed by atoms with Crippen molar-refractivity contribution in [2.24, 2.45) is 0 Å². The van der Waals surface area contributed by atoms with Gasteiger partial charge in [-0.1, -0.05) is 30.3 Å². The van der Waals surface area contributed by atoms with Gasteiger partial charge in [-0.05, 0) is 64.8 Å². The summed E-state index contributed by atoms with van der Waals surface area (Å²) in [5.41, 5.74) is 3.26. The summed E-state index contributed by atoms with van der Waals surface area (Å²) in [5.74, 6) is -0.245. The molecule has 3 heteroatoms. The van der Waals surface area contributed by atoms with Crippen LogP contribution >= 0.6 is 22.6 Å². The Morgan fingerprint density at radius 1 is 1.11 bits per heavy atom. The van der Waals surface area contributed by atoms with Crippen LogP contribution in [0.15, 0.2) is 36.4 Å². The summed E-state index contributed by atoms with van der Waals surface area (Å²) in [4.78, 5) is 0. The van der Waals surface area contributed by atoms with Gasteiger partial charge in [-0.3, -0.25) is 0 Å². The molecular weight excluding hydrogens is 342 g/mol. The summed E-state index contributed by atoms with van der Waals surface area (Å²) < 4.78 is 14.3. The van der Waals surface area contributed by atoms with Gasteiger partial charge >= 0.3 is 0 Å². The maximum atomic E-state index is 13.2. The van der Waals surface area contributed by atoms with Crippen molar-refractivity contribution in [1.82, 2.24) is 0 Å². The van der Waals surface area contributed by atoms with Crippen molar-refractivity contribution < 1.29 is 9.50 Å². The molecule has 0 spiro atoms. The van der Waals surface area contributed by atoms with Crippen LogP contribution in [0.1, 0.15) is 28.4 Å². The van der Waals surface area contributed by atoms with Gasteiger partial charge in [0, 0.05) is 3.57 Å². The zero-order valence-corrected chi connectivity index (χ0v) is 12.4. The summed E-state index contributed by atoms with van der Waals surface area (Å²) in [7, 11) is 0. The quantitative estimate of drug-likeness (QED) is 0.803. The van der Waals surface area contributed by atoms with Gasteiger partial charge in [-0.25, -0.2) is 4.39 Å². The van der Waals surface area contributed by atoms with E-state index in [4.69, 9.17) is 0 Å². The summed E-state index contributed by atoms with van der Waals surface area (Å²) in [6, 6.07) is 10.6. The van der Waals surface area contributed by atoms with Crippen molar-refractivity contribution in [3.63, 3.8) is 0 Å². The minimum Gasteiger partial charge on any atom is -0.384 e. The van der Waals surface area contributed by atoms with Gasteiger partial charge in [0.15, 0.2) is 0 Å². The molecule has 18 heavy (non-hydrogen) atoms. The van der Waals surface area contributed by atoms with Crippen molar-refractivity contribution >= 4 is 22.6 Å². The average molecular weight is 356 g/mol. The topological polar surface area (TPSA) is 20.2 Å². The van der Waals surface area contributed by atoms with Crippen LogP contribution in [-0.2, 0) is 0 Å². The van der Waals surface area contributed by atoms with Crippen molar-refractivity contribution in [2.45, 2.75) is 20.0 Å². The van der Waals surface area contributed by atoms with E-state index in [2.05, 4.69) is 22.6 Å². The maximum Gasteiger partial charge on any atom is 0.126 e. The smallest absolute Gasteiger partial charge is 0.126 e. The fourth-order valence-corrected chi connectivity index (χ4v) is 2.55. The van der Waals surface area contributed by atoms with E-state index in [1.54, 1.807) is 19.1 Å². The van der Waals surface area contributed by atoms with Crippen LogP contribution in [0.5, 0.6) is 0 Å². The third-order valence-corrected chi connectivity index (χ3v) is 4.49. The lowest BCUT2D eigenvalue weighted by Crippen LogP contribution is -2.04. The Hall–Kier alpha value is -0.940. The Bertz CT molecular complexity index is 581. The SMILES string of the molecule is Cc1cc(C(O)c2cccc(C)c2I)ccc1F. The third kappa shape index (κ3) is 2.57. The lowest BCUT2D eigenvalue weighted by Gasteiger charge is -2.15. The van der Waals surface area contributed by atoms with Crippen molar-refractivity contribution in [3.05, 3.63) is 68.0 Å². The molecule has 0 aliphatic carbocycles. The van der Waals surface area contributed by atoms with Crippen LogP contribution in [0.4, 0.5) is 4.39 Å². The summed E-state index contributed by atoms with van der Waals surface area (Å²) in [6.07, 6.45) is -0.712. The fraction of sp³-hybridized carbons (Fsp3) is 0.200. The van der Waals surface area contributed by atoms with E-state index in [9.17, 15) is 9.50 Å². The van der Waals surface area contributed by atoms with Crippen LogP contribution < -0.4 is 0 Å². The monoisotopic (exact) mass is 356 g/mol. The molecule has 0 aliphatic heterocycles. The zero-order chi connectivity index (χ0) is 13.3. The Morgan fingerprint density at radius 2 is 1.83 bits per heavy atom. The second kappa shape index (κ2) is 5.36. The second-order valence-corrected chi connectivity index (χ2v) is 5.47. The Balaban J connectivity index is 2.44. The number of aliphatic hydroxyl groups is 1. The molecule has 1 nitrogen and oxygen atoms in total. The van der Waals surface area contributed by atoms with Gasteiger partial charge in [0.25, 0.3) is 0 Å². The molecule has 0 aliphatic rings. The molecule has 1 unspecified atom stereocenters.